The average Bonchev–Trinajstić information content (AvgIpc) is 2.39. The van der Waals surface area contributed by atoms with Gasteiger partial charge in [0.2, 0.25) is 0 Å². The molecule has 4 aliphatic rings. The van der Waals surface area contributed by atoms with E-state index in [1.807, 2.05) is 0 Å². The molecular weight excluding hydrogens is 368 g/mol. The third-order valence-electron chi connectivity index (χ3n) is 5.77. The van der Waals surface area contributed by atoms with Crippen LogP contribution >= 0.6 is 0 Å². The minimum atomic E-state index is -6.20. The van der Waals surface area contributed by atoms with Crippen molar-refractivity contribution in [2.45, 2.75) is 73.7 Å². The molecule has 4 aliphatic carbocycles. The Morgan fingerprint density at radius 1 is 1.08 bits per heavy atom. The molecule has 10 heteroatoms. The van der Waals surface area contributed by atoms with Gasteiger partial charge in [0.1, 0.15) is 0 Å². The van der Waals surface area contributed by atoms with Crippen LogP contribution in [-0.2, 0) is 14.9 Å². The molecule has 0 heterocycles. The van der Waals surface area contributed by atoms with Gasteiger partial charge in [-0.1, -0.05) is 0 Å². The molecule has 2 N–H and O–H groups in total. The Kier molecular flexibility index (Phi) is 4.46. The molecule has 0 aliphatic heterocycles. The van der Waals surface area contributed by atoms with E-state index in [4.69, 9.17) is 9.29 Å². The zero-order valence-electron chi connectivity index (χ0n) is 13.6. The monoisotopic (exact) mass is 390 g/mol. The highest BCUT2D eigenvalue weighted by molar-refractivity contribution is 7.87. The predicted molar refractivity (Wildman–Crippen MR) is 79.0 cm³/mol. The van der Waals surface area contributed by atoms with Gasteiger partial charge in [0.25, 0.3) is 0 Å². The summed E-state index contributed by atoms with van der Waals surface area (Å²) < 4.78 is 88.2. The second-order valence-electron chi connectivity index (χ2n) is 8.02. The van der Waals surface area contributed by atoms with E-state index >= 15 is 0 Å². The second-order valence-corrected chi connectivity index (χ2v) is 9.48. The van der Waals surface area contributed by atoms with Gasteiger partial charge in [-0.3, -0.25) is 4.55 Å². The molecule has 5 nitrogen and oxygen atoms in total. The van der Waals surface area contributed by atoms with Gasteiger partial charge in [0.05, 0.1) is 11.2 Å². The zero-order chi connectivity index (χ0) is 18.7. The Balaban J connectivity index is 1.55. The third-order valence-corrected chi connectivity index (χ3v) is 6.72. The van der Waals surface area contributed by atoms with Gasteiger partial charge in [0, 0.05) is 19.4 Å². The highest BCUT2D eigenvalue weighted by Gasteiger charge is 2.65. The largest absolute Gasteiger partial charge is 0.431 e. The van der Waals surface area contributed by atoms with Crippen molar-refractivity contribution in [2.24, 2.45) is 11.8 Å². The maximum atomic E-state index is 13.5. The van der Waals surface area contributed by atoms with Crippen LogP contribution in [0.4, 0.5) is 17.6 Å². The molecule has 25 heavy (non-hydrogen) atoms. The predicted octanol–water partition coefficient (Wildman–Crippen LogP) is 2.98. The maximum absolute atomic E-state index is 13.5. The van der Waals surface area contributed by atoms with E-state index in [1.165, 1.54) is 0 Å². The molecule has 0 amide bonds. The molecule has 0 aromatic rings. The Morgan fingerprint density at radius 3 is 2.12 bits per heavy atom. The molecule has 0 spiro atoms. The molecule has 146 valence electrons. The van der Waals surface area contributed by atoms with Crippen molar-refractivity contribution in [3.8, 4) is 0 Å². The lowest BCUT2D eigenvalue weighted by atomic mass is 9.52. The molecule has 4 bridgehead atoms. The first-order chi connectivity index (χ1) is 11.3. The first-order valence-electron chi connectivity index (χ1n) is 8.37. The summed E-state index contributed by atoms with van der Waals surface area (Å²) in [6, 6.07) is 0. The van der Waals surface area contributed by atoms with Crippen molar-refractivity contribution >= 4 is 10.1 Å². The summed E-state index contributed by atoms with van der Waals surface area (Å²) in [4.78, 5) is 0. The van der Waals surface area contributed by atoms with E-state index in [0.717, 1.165) is 19.3 Å². The van der Waals surface area contributed by atoms with E-state index in [9.17, 15) is 31.1 Å². The van der Waals surface area contributed by atoms with Crippen molar-refractivity contribution in [1.82, 2.24) is 0 Å². The van der Waals surface area contributed by atoms with Crippen molar-refractivity contribution in [3.63, 3.8) is 0 Å². The van der Waals surface area contributed by atoms with Crippen LogP contribution < -0.4 is 0 Å². The van der Waals surface area contributed by atoms with Gasteiger partial charge in [-0.2, -0.15) is 26.0 Å². The summed E-state index contributed by atoms with van der Waals surface area (Å²) in [6.07, 6.45) is 2.42. The number of hydrogen-bond donors (Lipinski definition) is 2. The summed E-state index contributed by atoms with van der Waals surface area (Å²) in [7, 11) is -6.20. The third kappa shape index (κ3) is 3.42. The van der Waals surface area contributed by atoms with Crippen LogP contribution in [0.1, 0.15) is 51.4 Å². The minimum absolute atomic E-state index is 0.229. The van der Waals surface area contributed by atoms with Crippen LogP contribution in [0.15, 0.2) is 0 Å². The van der Waals surface area contributed by atoms with Gasteiger partial charge < -0.3 is 9.84 Å². The highest BCUT2D eigenvalue weighted by atomic mass is 32.2. The van der Waals surface area contributed by atoms with Crippen LogP contribution in [0, 0.1) is 11.8 Å². The number of rotatable bonds is 7. The van der Waals surface area contributed by atoms with Gasteiger partial charge in [0.15, 0.2) is 0 Å². The quantitative estimate of drug-likeness (QED) is 0.397. The molecule has 4 saturated carbocycles. The van der Waals surface area contributed by atoms with Gasteiger partial charge >= 0.3 is 21.3 Å². The van der Waals surface area contributed by atoms with Crippen LogP contribution in [0.5, 0.6) is 0 Å². The molecule has 4 rings (SSSR count). The topological polar surface area (TPSA) is 83.8 Å². The summed E-state index contributed by atoms with van der Waals surface area (Å²) in [5.41, 5.74) is -1.38. The zero-order valence-corrected chi connectivity index (χ0v) is 14.4. The lowest BCUT2D eigenvalue weighted by molar-refractivity contribution is -0.222. The molecule has 0 aromatic heterocycles. The van der Waals surface area contributed by atoms with E-state index in [-0.39, 0.29) is 6.61 Å². The fraction of sp³-hybridized carbons (Fsp3) is 1.00. The maximum Gasteiger partial charge on any atom is 0.431 e. The van der Waals surface area contributed by atoms with Crippen LogP contribution in [0.25, 0.3) is 0 Å². The van der Waals surface area contributed by atoms with E-state index in [0.29, 0.717) is 31.1 Å². The van der Waals surface area contributed by atoms with Crippen LogP contribution in [0.3, 0.4) is 0 Å². The number of aliphatic hydroxyl groups is 1. The lowest BCUT2D eigenvalue weighted by Gasteiger charge is -2.59. The second kappa shape index (κ2) is 5.77. The van der Waals surface area contributed by atoms with Gasteiger partial charge in [-0.15, -0.1) is 0 Å². The first kappa shape index (κ1) is 19.3. The van der Waals surface area contributed by atoms with Crippen molar-refractivity contribution < 1.29 is 40.4 Å². The molecule has 4 fully saturated rings. The summed E-state index contributed by atoms with van der Waals surface area (Å²) in [5, 5.41) is 5.02. The smallest absolute Gasteiger partial charge is 0.390 e. The standard InChI is InChI=1S/C15H22F4O5S/c16-14(17,15(18,19)25(21,22)23)2-1-3-24-13-7-10-4-11(8-13)6-12(20,5-10)9-13/h10-11,20H,1-9H2,(H,21,22,23). The summed E-state index contributed by atoms with van der Waals surface area (Å²) in [5.74, 6) is -4.23. The SMILES string of the molecule is O=S(=O)(O)C(F)(F)C(F)(F)CCCOC12CC3CC(CC(O)(C3)C1)C2. The molecule has 0 saturated heterocycles. The number of alkyl halides is 4. The molecule has 2 atom stereocenters. The normalized spacial score (nSPS) is 38.3. The highest BCUT2D eigenvalue weighted by Crippen LogP contribution is 2.58. The van der Waals surface area contributed by atoms with Crippen LogP contribution in [-0.4, -0.2) is 47.1 Å². The summed E-state index contributed by atoms with van der Waals surface area (Å²) >= 11 is 0. The molecular formula is C15H22F4O5S. The summed E-state index contributed by atoms with van der Waals surface area (Å²) in [6.45, 7) is -0.229. The fourth-order valence-electron chi connectivity index (χ4n) is 5.22. The van der Waals surface area contributed by atoms with Gasteiger partial charge in [-0.25, -0.2) is 0 Å². The Morgan fingerprint density at radius 2 is 1.64 bits per heavy atom. The lowest BCUT2D eigenvalue weighted by Crippen LogP contribution is -2.60. The van der Waals surface area contributed by atoms with Crippen molar-refractivity contribution in [2.75, 3.05) is 6.61 Å². The van der Waals surface area contributed by atoms with Crippen molar-refractivity contribution in [1.29, 1.82) is 0 Å². The van der Waals surface area contributed by atoms with Crippen LogP contribution in [0.2, 0.25) is 0 Å². The Bertz CT molecular complexity index is 622. The van der Waals surface area contributed by atoms with Gasteiger partial charge in [-0.05, 0) is 50.4 Å². The Hall–Kier alpha value is -0.450. The van der Waals surface area contributed by atoms with E-state index < -0.39 is 45.3 Å². The molecule has 0 aromatic carbocycles. The molecule has 2 unspecified atom stereocenters. The number of ether oxygens (including phenoxy) is 1. The first-order valence-corrected chi connectivity index (χ1v) is 9.81. The number of hydrogen-bond acceptors (Lipinski definition) is 4. The number of halogens is 4. The molecule has 0 radical (unpaired) electrons. The van der Waals surface area contributed by atoms with Crippen molar-refractivity contribution in [3.05, 3.63) is 0 Å². The van der Waals surface area contributed by atoms with E-state index in [1.54, 1.807) is 0 Å². The average molecular weight is 390 g/mol. The minimum Gasteiger partial charge on any atom is -0.390 e. The van der Waals surface area contributed by atoms with E-state index in [2.05, 4.69) is 0 Å². The Labute approximate surface area is 143 Å². The fourth-order valence-corrected chi connectivity index (χ4v) is 5.70.